The molecule has 2 aromatic carbocycles. The maximum absolute atomic E-state index is 13.7. The summed E-state index contributed by atoms with van der Waals surface area (Å²) >= 11 is 1.15. The molecule has 3 rings (SSSR count). The molecule has 28 heavy (non-hydrogen) atoms. The number of ether oxygens (including phenoxy) is 1. The molecule has 3 N–H and O–H groups in total. The van der Waals surface area contributed by atoms with E-state index < -0.39 is 11.1 Å². The van der Waals surface area contributed by atoms with Crippen molar-refractivity contribution < 1.29 is 13.9 Å². The Bertz CT molecular complexity index is 961. The number of nitrogens with one attached hydrogen (secondary N) is 1. The number of nitrogens with two attached hydrogens (primary N) is 1. The predicted octanol–water partition coefficient (Wildman–Crippen LogP) is 2.85. The number of nitrogen functional groups attached to an aromatic ring is 1. The van der Waals surface area contributed by atoms with Crippen LogP contribution in [-0.4, -0.2) is 33.1 Å². The van der Waals surface area contributed by atoms with E-state index in [1.54, 1.807) is 26.2 Å². The second-order valence-corrected chi connectivity index (χ2v) is 7.33. The number of thioether (sulfide) groups is 1. The zero-order valence-corrected chi connectivity index (χ0v) is 16.2. The van der Waals surface area contributed by atoms with Crippen LogP contribution in [-0.2, 0) is 11.2 Å². The van der Waals surface area contributed by atoms with Gasteiger partial charge in [0.2, 0.25) is 11.1 Å². The van der Waals surface area contributed by atoms with Crippen molar-refractivity contribution in [3.8, 4) is 5.75 Å². The Morgan fingerprint density at radius 3 is 2.64 bits per heavy atom. The van der Waals surface area contributed by atoms with Crippen LogP contribution in [0, 0.1) is 5.82 Å². The molecule has 3 aromatic rings. The molecule has 1 heterocycles. The summed E-state index contributed by atoms with van der Waals surface area (Å²) in [5.41, 5.74) is 1.14. The third-order valence-corrected chi connectivity index (χ3v) is 5.10. The summed E-state index contributed by atoms with van der Waals surface area (Å²) in [6, 6.07) is 13.6. The number of carbonyl (C=O) groups excluding carboxylic acids is 1. The van der Waals surface area contributed by atoms with Gasteiger partial charge in [0.25, 0.3) is 0 Å². The molecule has 146 valence electrons. The van der Waals surface area contributed by atoms with Crippen molar-refractivity contribution >= 4 is 23.4 Å². The smallest absolute Gasteiger partial charge is 0.237 e. The van der Waals surface area contributed by atoms with Gasteiger partial charge in [0, 0.05) is 6.42 Å². The van der Waals surface area contributed by atoms with Gasteiger partial charge in [-0.3, -0.25) is 4.79 Å². The van der Waals surface area contributed by atoms with Gasteiger partial charge in [0.1, 0.15) is 11.6 Å². The molecule has 1 aromatic heterocycles. The summed E-state index contributed by atoms with van der Waals surface area (Å²) in [6.45, 7) is 1.69. The van der Waals surface area contributed by atoms with Crippen LogP contribution in [0.25, 0.3) is 0 Å². The van der Waals surface area contributed by atoms with Crippen LogP contribution in [0.4, 0.5) is 10.1 Å². The van der Waals surface area contributed by atoms with Crippen LogP contribution < -0.4 is 15.9 Å². The predicted molar refractivity (Wildman–Crippen MR) is 106 cm³/mol. The van der Waals surface area contributed by atoms with Gasteiger partial charge in [-0.2, -0.15) is 0 Å². The monoisotopic (exact) mass is 401 g/mol. The van der Waals surface area contributed by atoms with Crippen molar-refractivity contribution in [1.29, 1.82) is 0 Å². The zero-order valence-electron chi connectivity index (χ0n) is 15.4. The number of para-hydroxylation sites is 1. The quantitative estimate of drug-likeness (QED) is 0.467. The van der Waals surface area contributed by atoms with Crippen molar-refractivity contribution in [3.63, 3.8) is 0 Å². The molecule has 9 heteroatoms. The Morgan fingerprint density at radius 2 is 1.96 bits per heavy atom. The topological polar surface area (TPSA) is 95.1 Å². The maximum Gasteiger partial charge on any atom is 0.237 e. The lowest BCUT2D eigenvalue weighted by molar-refractivity contribution is -0.115. The lowest BCUT2D eigenvalue weighted by atomic mass is 10.1. The van der Waals surface area contributed by atoms with Crippen LogP contribution in [0.15, 0.2) is 53.7 Å². The molecule has 0 radical (unpaired) electrons. The maximum atomic E-state index is 13.7. The molecule has 0 aliphatic heterocycles. The van der Waals surface area contributed by atoms with E-state index in [0.29, 0.717) is 17.4 Å². The third kappa shape index (κ3) is 4.61. The lowest BCUT2D eigenvalue weighted by Gasteiger charge is -2.12. The van der Waals surface area contributed by atoms with Crippen molar-refractivity contribution in [1.82, 2.24) is 14.9 Å². The van der Waals surface area contributed by atoms with Crippen LogP contribution in [0.5, 0.6) is 5.75 Å². The van der Waals surface area contributed by atoms with Crippen molar-refractivity contribution in [2.24, 2.45) is 0 Å². The van der Waals surface area contributed by atoms with Crippen LogP contribution in [0.3, 0.4) is 0 Å². The minimum absolute atomic E-state index is 0.134. The fourth-order valence-electron chi connectivity index (χ4n) is 2.44. The Kier molecular flexibility index (Phi) is 6.15. The van der Waals surface area contributed by atoms with Gasteiger partial charge in [0.15, 0.2) is 5.82 Å². The number of hydrogen-bond acceptors (Lipinski definition) is 6. The molecular formula is C19H20FN5O2S. The normalized spacial score (nSPS) is 11.8. The molecule has 1 atom stereocenters. The van der Waals surface area contributed by atoms with Crippen LogP contribution >= 0.6 is 11.8 Å². The van der Waals surface area contributed by atoms with E-state index in [2.05, 4.69) is 15.5 Å². The van der Waals surface area contributed by atoms with Crippen molar-refractivity contribution in [2.75, 3.05) is 18.3 Å². The molecule has 0 aliphatic carbocycles. The molecule has 0 saturated carbocycles. The standard InChI is InChI=1S/C19H20FN5O2S/c1-12(18(26)22-16-6-4-3-5-15(16)20)28-19-24-23-17(25(19)21)11-13-7-9-14(27-2)10-8-13/h3-10,12H,11,21H2,1-2H3,(H,22,26)/t12-/m0/s1. The highest BCUT2D eigenvalue weighted by Crippen LogP contribution is 2.23. The molecule has 0 bridgehead atoms. The number of nitrogens with zero attached hydrogens (tertiary/aromatic N) is 3. The van der Waals surface area contributed by atoms with Gasteiger partial charge >= 0.3 is 0 Å². The number of amides is 1. The minimum Gasteiger partial charge on any atom is -0.497 e. The average Bonchev–Trinajstić information content (AvgIpc) is 3.03. The van der Waals surface area contributed by atoms with E-state index in [9.17, 15) is 9.18 Å². The molecule has 7 nitrogen and oxygen atoms in total. The first-order valence-corrected chi connectivity index (χ1v) is 9.40. The summed E-state index contributed by atoms with van der Waals surface area (Å²) < 4.78 is 20.2. The van der Waals surface area contributed by atoms with Gasteiger partial charge < -0.3 is 15.9 Å². The molecule has 0 saturated heterocycles. The number of rotatable bonds is 7. The number of benzene rings is 2. The van der Waals surface area contributed by atoms with Gasteiger partial charge in [-0.1, -0.05) is 36.0 Å². The Labute approximate surface area is 166 Å². The first kappa shape index (κ1) is 19.7. The van der Waals surface area contributed by atoms with Crippen LogP contribution in [0.2, 0.25) is 0 Å². The molecular weight excluding hydrogens is 381 g/mol. The van der Waals surface area contributed by atoms with E-state index in [1.165, 1.54) is 16.8 Å². The van der Waals surface area contributed by atoms with Gasteiger partial charge in [-0.05, 0) is 36.8 Å². The second kappa shape index (κ2) is 8.75. The molecule has 0 spiro atoms. The van der Waals surface area contributed by atoms with Gasteiger partial charge in [-0.15, -0.1) is 10.2 Å². The number of halogens is 1. The molecule has 0 unspecified atom stereocenters. The van der Waals surface area contributed by atoms with Crippen molar-refractivity contribution in [3.05, 3.63) is 65.7 Å². The fraction of sp³-hybridized carbons (Fsp3) is 0.211. The van der Waals surface area contributed by atoms with E-state index in [4.69, 9.17) is 10.6 Å². The average molecular weight is 401 g/mol. The second-order valence-electron chi connectivity index (χ2n) is 6.02. The first-order valence-electron chi connectivity index (χ1n) is 8.52. The fourth-order valence-corrected chi connectivity index (χ4v) is 3.23. The highest BCUT2D eigenvalue weighted by Gasteiger charge is 2.20. The molecule has 1 amide bonds. The summed E-state index contributed by atoms with van der Waals surface area (Å²) in [4.78, 5) is 12.3. The third-order valence-electron chi connectivity index (χ3n) is 4.04. The number of methoxy groups -OCH3 is 1. The Hall–Kier alpha value is -3.07. The van der Waals surface area contributed by atoms with E-state index in [-0.39, 0.29) is 11.6 Å². The van der Waals surface area contributed by atoms with E-state index in [1.807, 2.05) is 24.3 Å². The summed E-state index contributed by atoms with van der Waals surface area (Å²) in [7, 11) is 1.61. The zero-order chi connectivity index (χ0) is 20.1. The minimum atomic E-state index is -0.542. The number of carbonyl (C=O) groups is 1. The van der Waals surface area contributed by atoms with Crippen LogP contribution in [0.1, 0.15) is 18.3 Å². The van der Waals surface area contributed by atoms with Gasteiger partial charge in [-0.25, -0.2) is 9.07 Å². The van der Waals surface area contributed by atoms with E-state index >= 15 is 0 Å². The van der Waals surface area contributed by atoms with Crippen molar-refractivity contribution in [2.45, 2.75) is 23.8 Å². The lowest BCUT2D eigenvalue weighted by Crippen LogP contribution is -2.24. The Balaban J connectivity index is 1.64. The molecule has 0 aliphatic rings. The Morgan fingerprint density at radius 1 is 1.25 bits per heavy atom. The van der Waals surface area contributed by atoms with E-state index in [0.717, 1.165) is 23.1 Å². The molecule has 0 fully saturated rings. The summed E-state index contributed by atoms with van der Waals surface area (Å²) in [6.07, 6.45) is 0.490. The first-order chi connectivity index (χ1) is 13.5. The van der Waals surface area contributed by atoms with Gasteiger partial charge in [0.05, 0.1) is 18.0 Å². The number of aromatic nitrogens is 3. The largest absolute Gasteiger partial charge is 0.497 e. The highest BCUT2D eigenvalue weighted by atomic mass is 32.2. The summed E-state index contributed by atoms with van der Waals surface area (Å²) in [5, 5.41) is 10.6. The number of hydrogen-bond donors (Lipinski definition) is 2. The number of anilines is 1. The SMILES string of the molecule is COc1ccc(Cc2nnc(S[C@@H](C)C(=O)Nc3ccccc3F)n2N)cc1. The highest BCUT2D eigenvalue weighted by molar-refractivity contribution is 8.00. The summed E-state index contributed by atoms with van der Waals surface area (Å²) in [5.74, 6) is 6.58.